The van der Waals surface area contributed by atoms with Crippen molar-refractivity contribution in [3.05, 3.63) is 36.3 Å². The van der Waals surface area contributed by atoms with Crippen LogP contribution in [-0.2, 0) is 0 Å². The molecular weight excluding hydrogens is 278 g/mol. The minimum atomic E-state index is -0.0653. The van der Waals surface area contributed by atoms with E-state index in [-0.39, 0.29) is 6.03 Å². The van der Waals surface area contributed by atoms with Gasteiger partial charge in [0.2, 0.25) is 0 Å². The minimum Gasteiger partial charge on any atom is -0.321 e. The molecule has 1 unspecified atom stereocenters. The van der Waals surface area contributed by atoms with E-state index in [1.54, 1.807) is 17.1 Å². The number of aryl methyl sites for hydroxylation is 1. The Kier molecular flexibility index (Phi) is 3.83. The van der Waals surface area contributed by atoms with Gasteiger partial charge in [-0.15, -0.1) is 5.10 Å². The van der Waals surface area contributed by atoms with Gasteiger partial charge in [0.25, 0.3) is 0 Å². The summed E-state index contributed by atoms with van der Waals surface area (Å²) in [7, 11) is 0. The number of urea groups is 1. The second-order valence-corrected chi connectivity index (χ2v) is 6.04. The van der Waals surface area contributed by atoms with Crippen molar-refractivity contribution in [2.75, 3.05) is 11.9 Å². The average molecular weight is 299 g/mol. The third kappa shape index (κ3) is 2.68. The Bertz CT molecular complexity index is 664. The number of carbonyl (C=O) groups excluding carboxylic acids is 1. The van der Waals surface area contributed by atoms with Gasteiger partial charge >= 0.3 is 6.03 Å². The summed E-state index contributed by atoms with van der Waals surface area (Å²) in [6, 6.07) is 4.05. The van der Waals surface area contributed by atoms with Crippen molar-refractivity contribution >= 4 is 11.8 Å². The molecule has 3 rings (SSSR count). The fourth-order valence-electron chi connectivity index (χ4n) is 2.73. The summed E-state index contributed by atoms with van der Waals surface area (Å²) in [5, 5.41) is 7.37. The highest BCUT2D eigenvalue weighted by atomic mass is 16.2. The second kappa shape index (κ2) is 5.79. The molecule has 1 N–H and O–H groups in total. The topological polar surface area (TPSA) is 63.1 Å². The largest absolute Gasteiger partial charge is 0.323 e. The molecule has 6 heteroatoms. The Labute approximate surface area is 130 Å². The summed E-state index contributed by atoms with van der Waals surface area (Å²) >= 11 is 0. The van der Waals surface area contributed by atoms with E-state index < -0.39 is 0 Å². The van der Waals surface area contributed by atoms with E-state index in [2.05, 4.69) is 29.2 Å². The number of anilines is 1. The molecule has 116 valence electrons. The lowest BCUT2D eigenvalue weighted by Crippen LogP contribution is -2.55. The van der Waals surface area contributed by atoms with Crippen molar-refractivity contribution in [2.24, 2.45) is 5.92 Å². The molecule has 1 aliphatic rings. The van der Waals surface area contributed by atoms with Gasteiger partial charge in [0, 0.05) is 30.5 Å². The number of carbonyl (C=O) groups is 1. The van der Waals surface area contributed by atoms with E-state index in [0.29, 0.717) is 17.8 Å². The predicted octanol–water partition coefficient (Wildman–Crippen LogP) is 2.84. The predicted molar refractivity (Wildman–Crippen MR) is 85.1 cm³/mol. The van der Waals surface area contributed by atoms with Gasteiger partial charge in [0.1, 0.15) is 0 Å². The number of hydrogen-bond acceptors (Lipinski definition) is 3. The van der Waals surface area contributed by atoms with Gasteiger partial charge in [-0.25, -0.2) is 9.48 Å². The van der Waals surface area contributed by atoms with E-state index in [1.165, 1.54) is 0 Å². The van der Waals surface area contributed by atoms with E-state index in [0.717, 1.165) is 24.2 Å². The van der Waals surface area contributed by atoms with Gasteiger partial charge in [0.05, 0.1) is 11.9 Å². The maximum Gasteiger partial charge on any atom is 0.323 e. The minimum absolute atomic E-state index is 0.0653. The van der Waals surface area contributed by atoms with Gasteiger partial charge in [-0.1, -0.05) is 13.8 Å². The summed E-state index contributed by atoms with van der Waals surface area (Å²) < 4.78 is 1.73. The van der Waals surface area contributed by atoms with Gasteiger partial charge in [-0.05, 0) is 31.4 Å². The molecule has 2 aromatic rings. The van der Waals surface area contributed by atoms with Crippen molar-refractivity contribution in [3.63, 3.8) is 0 Å². The Hall–Kier alpha value is -2.37. The standard InChI is InChI=1S/C16H21N5O/c1-11(2)14-6-8-20(14)16(22)18-15-12(3)10-21(19-15)13-5-4-7-17-9-13/h4-5,7,9-11,14H,6,8H2,1-3H3,(H,18,19,22). The molecule has 2 amide bonds. The maximum absolute atomic E-state index is 12.4. The third-order valence-corrected chi connectivity index (χ3v) is 4.13. The van der Waals surface area contributed by atoms with Crippen LogP contribution in [0.5, 0.6) is 0 Å². The van der Waals surface area contributed by atoms with Crippen LogP contribution < -0.4 is 5.32 Å². The van der Waals surface area contributed by atoms with Crippen molar-refractivity contribution < 1.29 is 4.79 Å². The highest BCUT2D eigenvalue weighted by Gasteiger charge is 2.34. The Balaban J connectivity index is 1.73. The first-order valence-electron chi connectivity index (χ1n) is 7.60. The molecule has 22 heavy (non-hydrogen) atoms. The van der Waals surface area contributed by atoms with Crippen LogP contribution in [0.4, 0.5) is 10.6 Å². The third-order valence-electron chi connectivity index (χ3n) is 4.13. The van der Waals surface area contributed by atoms with Crippen LogP contribution in [0.15, 0.2) is 30.7 Å². The normalized spacial score (nSPS) is 17.5. The molecule has 6 nitrogen and oxygen atoms in total. The zero-order valence-corrected chi connectivity index (χ0v) is 13.2. The number of hydrogen-bond donors (Lipinski definition) is 1. The summed E-state index contributed by atoms with van der Waals surface area (Å²) in [4.78, 5) is 18.3. The van der Waals surface area contributed by atoms with E-state index in [9.17, 15) is 4.79 Å². The Morgan fingerprint density at radius 2 is 2.27 bits per heavy atom. The van der Waals surface area contributed by atoms with Crippen molar-refractivity contribution in [3.8, 4) is 5.69 Å². The molecule has 3 heterocycles. The zero-order chi connectivity index (χ0) is 15.7. The number of aromatic nitrogens is 3. The summed E-state index contributed by atoms with van der Waals surface area (Å²) in [6.45, 7) is 7.04. The summed E-state index contributed by atoms with van der Waals surface area (Å²) in [5.74, 6) is 1.08. The fraction of sp³-hybridized carbons (Fsp3) is 0.438. The average Bonchev–Trinajstić information content (AvgIpc) is 2.79. The van der Waals surface area contributed by atoms with Crippen LogP contribution in [-0.4, -0.2) is 38.3 Å². The van der Waals surface area contributed by atoms with Gasteiger partial charge in [0.15, 0.2) is 5.82 Å². The van der Waals surface area contributed by atoms with Crippen LogP contribution in [0.1, 0.15) is 25.8 Å². The molecule has 0 spiro atoms. The lowest BCUT2D eigenvalue weighted by Gasteiger charge is -2.43. The van der Waals surface area contributed by atoms with Crippen molar-refractivity contribution in [2.45, 2.75) is 33.2 Å². The first-order valence-corrected chi connectivity index (χ1v) is 7.60. The Morgan fingerprint density at radius 3 is 2.86 bits per heavy atom. The molecular formula is C16H21N5O. The van der Waals surface area contributed by atoms with E-state index in [1.807, 2.05) is 30.2 Å². The van der Waals surface area contributed by atoms with Crippen LogP contribution in [0.3, 0.4) is 0 Å². The Morgan fingerprint density at radius 1 is 1.45 bits per heavy atom. The monoisotopic (exact) mass is 299 g/mol. The number of rotatable bonds is 3. The van der Waals surface area contributed by atoms with Crippen LogP contribution >= 0.6 is 0 Å². The maximum atomic E-state index is 12.4. The molecule has 1 saturated heterocycles. The summed E-state index contributed by atoms with van der Waals surface area (Å²) in [6.07, 6.45) is 6.43. The van der Waals surface area contributed by atoms with Crippen LogP contribution in [0.25, 0.3) is 5.69 Å². The van der Waals surface area contributed by atoms with Crippen molar-refractivity contribution in [1.82, 2.24) is 19.7 Å². The number of likely N-dealkylation sites (tertiary alicyclic amines) is 1. The van der Waals surface area contributed by atoms with Crippen LogP contribution in [0.2, 0.25) is 0 Å². The SMILES string of the molecule is Cc1cn(-c2cccnc2)nc1NC(=O)N1CCC1C(C)C. The van der Waals surface area contributed by atoms with Gasteiger partial charge in [-0.3, -0.25) is 10.3 Å². The van der Waals surface area contributed by atoms with Crippen LogP contribution in [0, 0.1) is 12.8 Å². The lowest BCUT2D eigenvalue weighted by atomic mass is 9.92. The molecule has 2 aromatic heterocycles. The van der Waals surface area contributed by atoms with Gasteiger partial charge < -0.3 is 4.90 Å². The zero-order valence-electron chi connectivity index (χ0n) is 13.2. The number of amides is 2. The molecule has 0 aliphatic carbocycles. The first kappa shape index (κ1) is 14.6. The fourth-order valence-corrected chi connectivity index (χ4v) is 2.73. The molecule has 1 atom stereocenters. The molecule has 0 bridgehead atoms. The van der Waals surface area contributed by atoms with E-state index in [4.69, 9.17) is 0 Å². The highest BCUT2D eigenvalue weighted by molar-refractivity contribution is 5.89. The first-order chi connectivity index (χ1) is 10.6. The molecule has 1 aliphatic heterocycles. The lowest BCUT2D eigenvalue weighted by molar-refractivity contribution is 0.0950. The number of nitrogens with one attached hydrogen (secondary N) is 1. The molecule has 0 aromatic carbocycles. The molecule has 0 radical (unpaired) electrons. The second-order valence-electron chi connectivity index (χ2n) is 6.04. The van der Waals surface area contributed by atoms with Gasteiger partial charge in [-0.2, -0.15) is 0 Å². The smallest absolute Gasteiger partial charge is 0.321 e. The summed E-state index contributed by atoms with van der Waals surface area (Å²) in [5.41, 5.74) is 1.80. The van der Waals surface area contributed by atoms with Crippen molar-refractivity contribution in [1.29, 1.82) is 0 Å². The van der Waals surface area contributed by atoms with E-state index >= 15 is 0 Å². The molecule has 0 saturated carbocycles. The quantitative estimate of drug-likeness (QED) is 0.948. The highest BCUT2D eigenvalue weighted by Crippen LogP contribution is 2.25. The number of nitrogens with zero attached hydrogens (tertiary/aromatic N) is 4. The number of pyridine rings is 1. The molecule has 1 fully saturated rings.